The van der Waals surface area contributed by atoms with Crippen molar-refractivity contribution < 1.29 is 19.2 Å². The van der Waals surface area contributed by atoms with Crippen LogP contribution in [0.25, 0.3) is 0 Å². The molecule has 6 heteroatoms. The lowest BCUT2D eigenvalue weighted by molar-refractivity contribution is -0.702. The van der Waals surface area contributed by atoms with Gasteiger partial charge < -0.3 is 9.84 Å². The average Bonchev–Trinajstić information content (AvgIpc) is 3.40. The van der Waals surface area contributed by atoms with Crippen molar-refractivity contribution >= 4 is 17.7 Å². The molecular weight excluding hydrogens is 420 g/mol. The fourth-order valence-electron chi connectivity index (χ4n) is 4.08. The summed E-state index contributed by atoms with van der Waals surface area (Å²) in [6, 6.07) is 19.8. The van der Waals surface area contributed by atoms with Gasteiger partial charge in [0.1, 0.15) is 36.4 Å². The summed E-state index contributed by atoms with van der Waals surface area (Å²) in [6.45, 7) is 3.80. The fraction of sp³-hybridized carbons (Fsp3) is 0.308. The van der Waals surface area contributed by atoms with Crippen LogP contribution in [0.5, 0.6) is 0 Å². The fourth-order valence-corrected chi connectivity index (χ4v) is 5.07. The molecule has 1 N–H and O–H groups in total. The molecule has 0 fully saturated rings. The molecule has 0 saturated heterocycles. The van der Waals surface area contributed by atoms with Gasteiger partial charge in [0.15, 0.2) is 0 Å². The highest BCUT2D eigenvalue weighted by Gasteiger charge is 2.44. The van der Waals surface area contributed by atoms with Gasteiger partial charge in [0.05, 0.1) is 6.54 Å². The molecule has 166 valence electrons. The van der Waals surface area contributed by atoms with E-state index in [4.69, 9.17) is 4.74 Å². The van der Waals surface area contributed by atoms with Crippen molar-refractivity contribution in [3.63, 3.8) is 0 Å². The van der Waals surface area contributed by atoms with Gasteiger partial charge in [-0.3, -0.25) is 4.79 Å². The van der Waals surface area contributed by atoms with E-state index in [-0.39, 0.29) is 6.61 Å². The topological polar surface area (TPSA) is 55.3 Å². The second-order valence-electron chi connectivity index (χ2n) is 8.02. The zero-order chi connectivity index (χ0) is 22.4. The summed E-state index contributed by atoms with van der Waals surface area (Å²) < 4.78 is 9.97. The largest absolute Gasteiger partial charge is 0.461 e. The van der Waals surface area contributed by atoms with Crippen LogP contribution in [-0.4, -0.2) is 27.2 Å². The lowest BCUT2D eigenvalue weighted by atomic mass is 9.91. The number of hydrogen-bond donors (Lipinski definition) is 1. The van der Waals surface area contributed by atoms with Crippen LogP contribution < -0.4 is 4.57 Å². The van der Waals surface area contributed by atoms with E-state index in [1.807, 2.05) is 54.1 Å². The Balaban J connectivity index is 1.36. The van der Waals surface area contributed by atoms with Gasteiger partial charge in [-0.2, -0.15) is 0 Å². The summed E-state index contributed by atoms with van der Waals surface area (Å²) in [4.78, 5) is 11.8. The van der Waals surface area contributed by atoms with E-state index in [1.165, 1.54) is 17.3 Å². The highest BCUT2D eigenvalue weighted by atomic mass is 32.2. The van der Waals surface area contributed by atoms with Gasteiger partial charge >= 0.3 is 5.97 Å². The quantitative estimate of drug-likeness (QED) is 0.396. The maximum Gasteiger partial charge on any atom is 0.317 e. The van der Waals surface area contributed by atoms with Crippen molar-refractivity contribution in [3.8, 4) is 0 Å². The molecule has 0 radical (unpaired) electrons. The molecule has 3 aromatic rings. The Morgan fingerprint density at radius 3 is 2.59 bits per heavy atom. The first-order chi connectivity index (χ1) is 15.6. The van der Waals surface area contributed by atoms with E-state index in [2.05, 4.69) is 46.5 Å². The number of nitrogens with zero attached hydrogens (tertiary/aromatic N) is 2. The molecule has 0 saturated carbocycles. The van der Waals surface area contributed by atoms with Crippen LogP contribution in [0.1, 0.15) is 29.3 Å². The summed E-state index contributed by atoms with van der Waals surface area (Å²) in [5, 5.41) is 12.9. The van der Waals surface area contributed by atoms with Crippen LogP contribution in [0.15, 0.2) is 84.5 Å². The predicted octanol–water partition coefficient (Wildman–Crippen LogP) is 3.99. The SMILES string of the molecule is Cc1n(CCOC(=O)C(c2ccccc2)C2(O)CC=CS2)cc[n+]1CCc1ccccc1. The lowest BCUT2D eigenvalue weighted by Crippen LogP contribution is -2.37. The van der Waals surface area contributed by atoms with E-state index >= 15 is 0 Å². The Morgan fingerprint density at radius 1 is 1.19 bits per heavy atom. The average molecular weight is 450 g/mol. The van der Waals surface area contributed by atoms with Gasteiger partial charge in [-0.15, -0.1) is 0 Å². The Morgan fingerprint density at radius 2 is 1.91 bits per heavy atom. The number of rotatable bonds is 9. The predicted molar refractivity (Wildman–Crippen MR) is 126 cm³/mol. The number of aliphatic hydroxyl groups is 1. The highest BCUT2D eigenvalue weighted by molar-refractivity contribution is 8.03. The Kier molecular flexibility index (Phi) is 7.12. The van der Waals surface area contributed by atoms with Gasteiger partial charge in [0, 0.05) is 19.8 Å². The molecule has 2 unspecified atom stereocenters. The first kappa shape index (κ1) is 22.4. The standard InChI is InChI=1S/C26H29N2O3S/c1-21-27(15-13-22-9-4-2-5-10-22)16-17-28(21)18-19-31-25(29)24(23-11-6-3-7-12-23)26(30)14-8-20-32-26/h2-12,16-17,20,24,30H,13-15,18-19H2,1H3/q+1. The van der Waals surface area contributed by atoms with Crippen molar-refractivity contribution in [1.82, 2.24) is 4.57 Å². The molecule has 4 rings (SSSR count). The third kappa shape index (κ3) is 5.14. The minimum atomic E-state index is -1.21. The minimum absolute atomic E-state index is 0.255. The summed E-state index contributed by atoms with van der Waals surface area (Å²) >= 11 is 1.28. The summed E-state index contributed by atoms with van der Waals surface area (Å²) in [5.41, 5.74) is 2.08. The molecule has 1 aliphatic heterocycles. The van der Waals surface area contributed by atoms with E-state index in [0.29, 0.717) is 13.0 Å². The first-order valence-electron chi connectivity index (χ1n) is 10.9. The third-order valence-electron chi connectivity index (χ3n) is 5.92. The lowest BCUT2D eigenvalue weighted by Gasteiger charge is -2.30. The summed E-state index contributed by atoms with van der Waals surface area (Å²) in [6.07, 6.45) is 7.37. The molecule has 2 aromatic carbocycles. The molecule has 0 bridgehead atoms. The summed E-state index contributed by atoms with van der Waals surface area (Å²) in [7, 11) is 0. The van der Waals surface area contributed by atoms with Crippen LogP contribution in [0.4, 0.5) is 0 Å². The molecule has 1 aromatic heterocycles. The van der Waals surface area contributed by atoms with Crippen LogP contribution in [-0.2, 0) is 29.0 Å². The number of benzene rings is 2. The van der Waals surface area contributed by atoms with E-state index in [9.17, 15) is 9.90 Å². The molecule has 0 spiro atoms. The molecule has 2 atom stereocenters. The van der Waals surface area contributed by atoms with Crippen LogP contribution >= 0.6 is 11.8 Å². The number of hydrogen-bond acceptors (Lipinski definition) is 4. The first-order valence-corrected chi connectivity index (χ1v) is 11.8. The third-order valence-corrected chi connectivity index (χ3v) is 7.06. The number of imidazole rings is 1. The Labute approximate surface area is 193 Å². The van der Waals surface area contributed by atoms with E-state index < -0.39 is 16.8 Å². The molecule has 0 amide bonds. The van der Waals surface area contributed by atoms with Crippen molar-refractivity contribution in [1.29, 1.82) is 0 Å². The van der Waals surface area contributed by atoms with Gasteiger partial charge in [0.25, 0.3) is 5.82 Å². The molecule has 0 aliphatic carbocycles. The van der Waals surface area contributed by atoms with Gasteiger partial charge in [-0.1, -0.05) is 78.5 Å². The Hall–Kier alpha value is -2.83. The molecule has 5 nitrogen and oxygen atoms in total. The van der Waals surface area contributed by atoms with Gasteiger partial charge in [-0.25, -0.2) is 9.13 Å². The number of aryl methyl sites for hydroxylation is 2. The van der Waals surface area contributed by atoms with Crippen LogP contribution in [0, 0.1) is 6.92 Å². The number of carbonyl (C=O) groups is 1. The molecule has 32 heavy (non-hydrogen) atoms. The monoisotopic (exact) mass is 449 g/mol. The number of aromatic nitrogens is 2. The number of carbonyl (C=O) groups excluding carboxylic acids is 1. The van der Waals surface area contributed by atoms with Crippen LogP contribution in [0.2, 0.25) is 0 Å². The number of esters is 1. The number of thioether (sulfide) groups is 1. The maximum absolute atomic E-state index is 13.0. The normalized spacial score (nSPS) is 18.6. The zero-order valence-electron chi connectivity index (χ0n) is 18.3. The molecule has 2 heterocycles. The second kappa shape index (κ2) is 10.2. The zero-order valence-corrected chi connectivity index (χ0v) is 19.1. The molecular formula is C26H29N2O3S+. The maximum atomic E-state index is 13.0. The van der Waals surface area contributed by atoms with Crippen molar-refractivity contribution in [2.75, 3.05) is 6.61 Å². The van der Waals surface area contributed by atoms with Crippen molar-refractivity contribution in [2.45, 2.75) is 43.7 Å². The number of ether oxygens (including phenoxy) is 1. The van der Waals surface area contributed by atoms with Crippen molar-refractivity contribution in [3.05, 3.63) is 101 Å². The summed E-state index contributed by atoms with van der Waals surface area (Å²) in [5.74, 6) is -0.00676. The minimum Gasteiger partial charge on any atom is -0.461 e. The Bertz CT molecular complexity index is 1060. The van der Waals surface area contributed by atoms with Gasteiger partial charge in [-0.05, 0) is 16.5 Å². The van der Waals surface area contributed by atoms with E-state index in [1.54, 1.807) is 0 Å². The van der Waals surface area contributed by atoms with Crippen LogP contribution in [0.3, 0.4) is 0 Å². The van der Waals surface area contributed by atoms with E-state index in [0.717, 1.165) is 24.4 Å². The highest BCUT2D eigenvalue weighted by Crippen LogP contribution is 2.45. The van der Waals surface area contributed by atoms with Gasteiger partial charge in [0.2, 0.25) is 0 Å². The molecule has 1 aliphatic rings. The smallest absolute Gasteiger partial charge is 0.317 e. The van der Waals surface area contributed by atoms with Crippen molar-refractivity contribution in [2.24, 2.45) is 0 Å². The second-order valence-corrected chi connectivity index (χ2v) is 9.23.